The van der Waals surface area contributed by atoms with Gasteiger partial charge in [-0.25, -0.2) is 0 Å². The predicted molar refractivity (Wildman–Crippen MR) is 115 cm³/mol. The summed E-state index contributed by atoms with van der Waals surface area (Å²) in [5, 5.41) is 15.2. The van der Waals surface area contributed by atoms with Gasteiger partial charge in [0.15, 0.2) is 0 Å². The maximum atomic E-state index is 7.62. The zero-order chi connectivity index (χ0) is 20.4. The summed E-state index contributed by atoms with van der Waals surface area (Å²) in [4.78, 5) is 2.38. The van der Waals surface area contributed by atoms with E-state index in [0.29, 0.717) is 6.54 Å². The van der Waals surface area contributed by atoms with Gasteiger partial charge in [0, 0.05) is 31.2 Å². The Hall–Kier alpha value is -1.09. The van der Waals surface area contributed by atoms with Crippen molar-refractivity contribution in [1.82, 2.24) is 4.90 Å². The Balaban J connectivity index is 0. The first-order chi connectivity index (χ1) is 12.5. The number of nitrogens with two attached hydrogens (primary N) is 3. The molecule has 0 saturated carbocycles. The molecular formula is C19H38N4O2S. The molecular weight excluding hydrogens is 348 g/mol. The lowest BCUT2D eigenvalue weighted by Crippen LogP contribution is -2.35. The SMILES string of the molecule is CN.CSCN1CCC(N)=C(CN)C1.Cc1ccc(C)cc1.OCCO. The molecule has 1 aromatic carbocycles. The molecule has 6 nitrogen and oxygen atoms in total. The molecule has 152 valence electrons. The molecule has 1 aliphatic rings. The van der Waals surface area contributed by atoms with Crippen molar-refractivity contribution in [3.63, 3.8) is 0 Å². The van der Waals surface area contributed by atoms with E-state index in [-0.39, 0.29) is 13.2 Å². The van der Waals surface area contributed by atoms with Crippen molar-refractivity contribution in [2.45, 2.75) is 20.3 Å². The fraction of sp³-hybridized carbons (Fsp3) is 0.579. The number of aliphatic hydroxyl groups excluding tert-OH is 2. The molecule has 0 saturated heterocycles. The highest BCUT2D eigenvalue weighted by Crippen LogP contribution is 2.14. The minimum atomic E-state index is -0.125. The summed E-state index contributed by atoms with van der Waals surface area (Å²) in [7, 11) is 1.50. The van der Waals surface area contributed by atoms with Gasteiger partial charge >= 0.3 is 0 Å². The molecule has 0 unspecified atom stereocenters. The molecule has 26 heavy (non-hydrogen) atoms. The number of aryl methyl sites for hydroxylation is 2. The van der Waals surface area contributed by atoms with Gasteiger partial charge < -0.3 is 27.4 Å². The normalized spacial score (nSPS) is 13.5. The van der Waals surface area contributed by atoms with E-state index < -0.39 is 0 Å². The van der Waals surface area contributed by atoms with Crippen LogP contribution in [0.5, 0.6) is 0 Å². The second kappa shape index (κ2) is 18.7. The topological polar surface area (TPSA) is 122 Å². The minimum absolute atomic E-state index is 0.125. The lowest BCUT2D eigenvalue weighted by Gasteiger charge is -2.28. The van der Waals surface area contributed by atoms with Crippen LogP contribution in [0.15, 0.2) is 35.5 Å². The summed E-state index contributed by atoms with van der Waals surface area (Å²) in [6.07, 6.45) is 3.09. The van der Waals surface area contributed by atoms with Crippen molar-refractivity contribution in [2.75, 3.05) is 52.0 Å². The second-order valence-electron chi connectivity index (χ2n) is 5.66. The smallest absolute Gasteiger partial charge is 0.0662 e. The molecule has 0 aromatic heterocycles. The third-order valence-electron chi connectivity index (χ3n) is 3.44. The quantitative estimate of drug-likeness (QED) is 0.524. The van der Waals surface area contributed by atoms with Gasteiger partial charge in [0.1, 0.15) is 0 Å². The Morgan fingerprint density at radius 1 is 1.04 bits per heavy atom. The van der Waals surface area contributed by atoms with Gasteiger partial charge in [-0.3, -0.25) is 4.90 Å². The molecule has 1 aliphatic heterocycles. The van der Waals surface area contributed by atoms with E-state index in [9.17, 15) is 0 Å². The van der Waals surface area contributed by atoms with E-state index in [1.54, 1.807) is 0 Å². The average Bonchev–Trinajstić information content (AvgIpc) is 2.68. The highest BCUT2D eigenvalue weighted by Gasteiger charge is 2.14. The van der Waals surface area contributed by atoms with Crippen LogP contribution in [0.1, 0.15) is 17.5 Å². The van der Waals surface area contributed by atoms with E-state index in [1.165, 1.54) is 23.7 Å². The van der Waals surface area contributed by atoms with Crippen LogP contribution < -0.4 is 17.2 Å². The van der Waals surface area contributed by atoms with Crippen LogP contribution in [0.2, 0.25) is 0 Å². The fourth-order valence-corrected chi connectivity index (χ4v) is 2.62. The molecule has 0 spiro atoms. The van der Waals surface area contributed by atoms with Crippen molar-refractivity contribution in [1.29, 1.82) is 0 Å². The minimum Gasteiger partial charge on any atom is -0.402 e. The summed E-state index contributed by atoms with van der Waals surface area (Å²) in [5.41, 5.74) is 20.8. The van der Waals surface area contributed by atoms with Crippen molar-refractivity contribution >= 4 is 11.8 Å². The third-order valence-corrected chi connectivity index (χ3v) is 4.07. The zero-order valence-corrected chi connectivity index (χ0v) is 17.6. The standard InChI is InChI=1S/C8H17N3S.C8H10.C2H6O2.CH5N/c1-12-6-11-3-2-8(10)7(4-9)5-11;1-7-3-5-8(2)6-4-7;3-1-2-4;1-2/h2-6,9-10H2,1H3;3-6H,1-2H3;3-4H,1-2H2;2H2,1H3. The largest absolute Gasteiger partial charge is 0.402 e. The highest BCUT2D eigenvalue weighted by atomic mass is 32.2. The molecule has 0 bridgehead atoms. The predicted octanol–water partition coefficient (Wildman–Crippen LogP) is 1.03. The summed E-state index contributed by atoms with van der Waals surface area (Å²) < 4.78 is 0. The van der Waals surface area contributed by atoms with Crippen LogP contribution in [0, 0.1) is 13.8 Å². The molecule has 0 radical (unpaired) electrons. The molecule has 7 heteroatoms. The fourth-order valence-electron chi connectivity index (χ4n) is 2.03. The number of thioether (sulfide) groups is 1. The monoisotopic (exact) mass is 386 g/mol. The van der Waals surface area contributed by atoms with E-state index >= 15 is 0 Å². The third kappa shape index (κ3) is 14.1. The molecule has 0 aliphatic carbocycles. The van der Waals surface area contributed by atoms with Gasteiger partial charge in [-0.15, -0.1) is 11.8 Å². The summed E-state index contributed by atoms with van der Waals surface area (Å²) in [5.74, 6) is 1.08. The summed E-state index contributed by atoms with van der Waals surface area (Å²) in [6.45, 7) is 6.59. The number of benzene rings is 1. The van der Waals surface area contributed by atoms with E-state index in [1.807, 2.05) is 11.8 Å². The maximum Gasteiger partial charge on any atom is 0.0662 e. The molecule has 0 atom stereocenters. The number of aliphatic hydroxyl groups is 2. The van der Waals surface area contributed by atoms with Gasteiger partial charge in [-0.1, -0.05) is 35.4 Å². The molecule has 0 amide bonds. The molecule has 1 aromatic rings. The maximum absolute atomic E-state index is 7.62. The molecule has 1 heterocycles. The lowest BCUT2D eigenvalue weighted by atomic mass is 10.1. The van der Waals surface area contributed by atoms with E-state index in [0.717, 1.165) is 31.1 Å². The first-order valence-corrected chi connectivity index (χ1v) is 10.1. The summed E-state index contributed by atoms with van der Waals surface area (Å²) >= 11 is 1.84. The van der Waals surface area contributed by atoms with Gasteiger partial charge in [-0.05, 0) is 39.1 Å². The van der Waals surface area contributed by atoms with Crippen LogP contribution in [-0.2, 0) is 0 Å². The van der Waals surface area contributed by atoms with Gasteiger partial charge in [0.25, 0.3) is 0 Å². The first kappa shape index (κ1) is 27.1. The van der Waals surface area contributed by atoms with Crippen molar-refractivity contribution in [3.8, 4) is 0 Å². The molecule has 8 N–H and O–H groups in total. The van der Waals surface area contributed by atoms with Crippen molar-refractivity contribution < 1.29 is 10.2 Å². The van der Waals surface area contributed by atoms with Crippen LogP contribution in [0.4, 0.5) is 0 Å². The Labute approximate surface area is 163 Å². The van der Waals surface area contributed by atoms with Gasteiger partial charge in [-0.2, -0.15) is 0 Å². The van der Waals surface area contributed by atoms with E-state index in [2.05, 4.69) is 55.0 Å². The number of nitrogens with zero attached hydrogens (tertiary/aromatic N) is 1. The van der Waals surface area contributed by atoms with Crippen molar-refractivity contribution in [2.24, 2.45) is 17.2 Å². The van der Waals surface area contributed by atoms with Crippen LogP contribution in [0.25, 0.3) is 0 Å². The number of rotatable bonds is 4. The second-order valence-corrected chi connectivity index (χ2v) is 6.49. The van der Waals surface area contributed by atoms with Crippen LogP contribution in [0.3, 0.4) is 0 Å². The Morgan fingerprint density at radius 2 is 1.50 bits per heavy atom. The first-order valence-electron chi connectivity index (χ1n) is 8.68. The zero-order valence-electron chi connectivity index (χ0n) is 16.7. The average molecular weight is 387 g/mol. The highest BCUT2D eigenvalue weighted by molar-refractivity contribution is 7.98. The molecule has 2 rings (SSSR count). The Kier molecular flexibility index (Phi) is 19.5. The number of hydrogen-bond donors (Lipinski definition) is 5. The van der Waals surface area contributed by atoms with E-state index in [4.69, 9.17) is 21.7 Å². The van der Waals surface area contributed by atoms with Crippen molar-refractivity contribution in [3.05, 3.63) is 46.7 Å². The number of hydrogen-bond acceptors (Lipinski definition) is 7. The lowest BCUT2D eigenvalue weighted by molar-refractivity contribution is 0.186. The Bertz CT molecular complexity index is 444. The Morgan fingerprint density at radius 3 is 1.85 bits per heavy atom. The summed E-state index contributed by atoms with van der Waals surface area (Å²) in [6, 6.07) is 8.48. The van der Waals surface area contributed by atoms with Gasteiger partial charge in [0.05, 0.1) is 13.2 Å². The molecule has 0 fully saturated rings. The van der Waals surface area contributed by atoms with Crippen LogP contribution in [-0.4, -0.2) is 67.1 Å². The van der Waals surface area contributed by atoms with Gasteiger partial charge in [0.2, 0.25) is 0 Å². The van der Waals surface area contributed by atoms with Crippen LogP contribution >= 0.6 is 11.8 Å².